The predicted octanol–water partition coefficient (Wildman–Crippen LogP) is 3.44. The Kier molecular flexibility index (Phi) is 5.22. The molecule has 2 unspecified atom stereocenters. The smallest absolute Gasteiger partial charge is 0.186 e. The maximum atomic E-state index is 4.89. The zero-order chi connectivity index (χ0) is 13.8. The average Bonchev–Trinajstić information content (AvgIpc) is 2.82. The number of rotatable bonds is 5. The Morgan fingerprint density at radius 2 is 2.16 bits per heavy atom. The van der Waals surface area contributed by atoms with Gasteiger partial charge in [0.1, 0.15) is 0 Å². The van der Waals surface area contributed by atoms with Crippen LogP contribution in [-0.2, 0) is 13.0 Å². The lowest BCUT2D eigenvalue weighted by Crippen LogP contribution is -2.42. The maximum Gasteiger partial charge on any atom is 0.186 e. The molecule has 1 aliphatic heterocycles. The van der Waals surface area contributed by atoms with Crippen molar-refractivity contribution in [2.75, 3.05) is 18.0 Å². The van der Waals surface area contributed by atoms with Crippen molar-refractivity contribution in [1.82, 2.24) is 10.3 Å². The van der Waals surface area contributed by atoms with Gasteiger partial charge < -0.3 is 10.2 Å². The van der Waals surface area contributed by atoms with Crippen molar-refractivity contribution < 1.29 is 0 Å². The molecule has 2 atom stereocenters. The fraction of sp³-hybridized carbons (Fsp3) is 0.800. The molecular formula is C15H27N3S. The summed E-state index contributed by atoms with van der Waals surface area (Å²) in [5.41, 5.74) is 1.28. The molecule has 2 heterocycles. The molecular weight excluding hydrogens is 254 g/mol. The van der Waals surface area contributed by atoms with E-state index >= 15 is 0 Å². The first kappa shape index (κ1) is 14.8. The van der Waals surface area contributed by atoms with Crippen LogP contribution in [0.15, 0.2) is 0 Å². The number of aryl methyl sites for hydroxylation is 1. The number of thiazole rings is 1. The van der Waals surface area contributed by atoms with E-state index in [2.05, 4.69) is 37.9 Å². The van der Waals surface area contributed by atoms with E-state index in [9.17, 15) is 0 Å². The highest BCUT2D eigenvalue weighted by Gasteiger charge is 2.27. The molecule has 1 aromatic rings. The number of piperidine rings is 1. The first-order chi connectivity index (χ1) is 9.17. The van der Waals surface area contributed by atoms with Crippen LogP contribution in [-0.4, -0.2) is 24.1 Å². The Morgan fingerprint density at radius 3 is 2.84 bits per heavy atom. The van der Waals surface area contributed by atoms with Crippen LogP contribution in [0.4, 0.5) is 5.13 Å². The predicted molar refractivity (Wildman–Crippen MR) is 84.1 cm³/mol. The zero-order valence-corrected chi connectivity index (χ0v) is 13.5. The number of hydrogen-bond acceptors (Lipinski definition) is 4. The van der Waals surface area contributed by atoms with Crippen molar-refractivity contribution in [2.24, 2.45) is 5.92 Å². The zero-order valence-electron chi connectivity index (χ0n) is 12.7. The van der Waals surface area contributed by atoms with E-state index < -0.39 is 0 Å². The Labute approximate surface area is 121 Å². The van der Waals surface area contributed by atoms with Gasteiger partial charge in [0, 0.05) is 24.0 Å². The molecule has 1 aliphatic rings. The monoisotopic (exact) mass is 281 g/mol. The molecule has 0 saturated carbocycles. The van der Waals surface area contributed by atoms with E-state index in [-0.39, 0.29) is 0 Å². The number of nitrogens with one attached hydrogen (secondary N) is 1. The van der Waals surface area contributed by atoms with Gasteiger partial charge in [-0.15, -0.1) is 11.3 Å². The highest BCUT2D eigenvalue weighted by molar-refractivity contribution is 7.15. The lowest BCUT2D eigenvalue weighted by molar-refractivity contribution is 0.363. The van der Waals surface area contributed by atoms with Crippen molar-refractivity contribution >= 4 is 16.5 Å². The minimum atomic E-state index is 0.622. The summed E-state index contributed by atoms with van der Waals surface area (Å²) in [5, 5.41) is 4.67. The van der Waals surface area contributed by atoms with E-state index in [0.29, 0.717) is 6.04 Å². The van der Waals surface area contributed by atoms with Crippen molar-refractivity contribution in [3.8, 4) is 0 Å². The molecule has 2 rings (SSSR count). The number of nitrogens with zero attached hydrogens (tertiary/aromatic N) is 2. The van der Waals surface area contributed by atoms with Crippen LogP contribution in [0.5, 0.6) is 0 Å². The third kappa shape index (κ3) is 3.29. The third-order valence-electron chi connectivity index (χ3n) is 4.26. The van der Waals surface area contributed by atoms with Crippen molar-refractivity contribution in [3.05, 3.63) is 10.6 Å². The maximum absolute atomic E-state index is 4.89. The molecule has 1 fully saturated rings. The summed E-state index contributed by atoms with van der Waals surface area (Å²) < 4.78 is 0. The van der Waals surface area contributed by atoms with Crippen LogP contribution in [0.25, 0.3) is 0 Å². The minimum absolute atomic E-state index is 0.622. The SMILES string of the molecule is CCNCc1sc(N2CCCC(C)C2C)nc1CC. The summed E-state index contributed by atoms with van der Waals surface area (Å²) in [4.78, 5) is 8.84. The van der Waals surface area contributed by atoms with Crippen LogP contribution < -0.4 is 10.2 Å². The molecule has 1 saturated heterocycles. The summed E-state index contributed by atoms with van der Waals surface area (Å²) in [6, 6.07) is 0.622. The fourth-order valence-electron chi connectivity index (χ4n) is 2.75. The quantitative estimate of drug-likeness (QED) is 0.896. The normalized spacial score (nSPS) is 23.9. The summed E-state index contributed by atoms with van der Waals surface area (Å²) in [6.07, 6.45) is 3.69. The largest absolute Gasteiger partial charge is 0.345 e. The Balaban J connectivity index is 2.17. The third-order valence-corrected chi connectivity index (χ3v) is 5.39. The minimum Gasteiger partial charge on any atom is -0.345 e. The van der Waals surface area contributed by atoms with Gasteiger partial charge in [0.05, 0.1) is 5.69 Å². The van der Waals surface area contributed by atoms with Gasteiger partial charge in [-0.05, 0) is 38.6 Å². The summed E-state index contributed by atoms with van der Waals surface area (Å²) in [6.45, 7) is 12.2. The Bertz CT molecular complexity index is 402. The van der Waals surface area contributed by atoms with Gasteiger partial charge in [-0.3, -0.25) is 0 Å². The van der Waals surface area contributed by atoms with Gasteiger partial charge in [0.15, 0.2) is 5.13 Å². The van der Waals surface area contributed by atoms with Gasteiger partial charge in [-0.25, -0.2) is 4.98 Å². The number of aromatic nitrogens is 1. The molecule has 0 spiro atoms. The van der Waals surface area contributed by atoms with Crippen molar-refractivity contribution in [1.29, 1.82) is 0 Å². The van der Waals surface area contributed by atoms with Crippen LogP contribution in [0.2, 0.25) is 0 Å². The second-order valence-electron chi connectivity index (χ2n) is 5.55. The molecule has 19 heavy (non-hydrogen) atoms. The second kappa shape index (κ2) is 6.71. The lowest BCUT2D eigenvalue weighted by Gasteiger charge is -2.37. The van der Waals surface area contributed by atoms with Crippen molar-refractivity contribution in [3.63, 3.8) is 0 Å². The van der Waals surface area contributed by atoms with Gasteiger partial charge >= 0.3 is 0 Å². The van der Waals surface area contributed by atoms with Crippen LogP contribution in [0.3, 0.4) is 0 Å². The highest BCUT2D eigenvalue weighted by Crippen LogP contribution is 2.33. The van der Waals surface area contributed by atoms with Gasteiger partial charge in [0.25, 0.3) is 0 Å². The first-order valence-electron chi connectivity index (χ1n) is 7.63. The lowest BCUT2D eigenvalue weighted by atomic mass is 9.93. The van der Waals surface area contributed by atoms with E-state index in [4.69, 9.17) is 4.98 Å². The van der Waals surface area contributed by atoms with Crippen molar-refractivity contribution in [2.45, 2.75) is 59.5 Å². The number of hydrogen-bond donors (Lipinski definition) is 1. The fourth-order valence-corrected chi connectivity index (χ4v) is 3.98. The average molecular weight is 281 g/mol. The van der Waals surface area contributed by atoms with E-state index in [0.717, 1.165) is 25.4 Å². The molecule has 108 valence electrons. The second-order valence-corrected chi connectivity index (χ2v) is 6.62. The Hall–Kier alpha value is -0.610. The van der Waals surface area contributed by atoms with Crippen LogP contribution >= 0.6 is 11.3 Å². The first-order valence-corrected chi connectivity index (χ1v) is 8.44. The van der Waals surface area contributed by atoms with E-state index in [1.165, 1.54) is 35.1 Å². The van der Waals surface area contributed by atoms with Crippen LogP contribution in [0.1, 0.15) is 51.1 Å². The summed E-state index contributed by atoms with van der Waals surface area (Å²) >= 11 is 1.89. The highest BCUT2D eigenvalue weighted by atomic mass is 32.1. The van der Waals surface area contributed by atoms with E-state index in [1.54, 1.807) is 0 Å². The van der Waals surface area contributed by atoms with Crippen LogP contribution in [0, 0.1) is 5.92 Å². The molecule has 0 radical (unpaired) electrons. The topological polar surface area (TPSA) is 28.2 Å². The Morgan fingerprint density at radius 1 is 1.37 bits per heavy atom. The summed E-state index contributed by atoms with van der Waals surface area (Å²) in [7, 11) is 0. The standard InChI is InChI=1S/C15H27N3S/c1-5-13-14(10-16-6-2)19-15(17-13)18-9-7-8-11(3)12(18)4/h11-12,16H,5-10H2,1-4H3. The van der Waals surface area contributed by atoms with Gasteiger partial charge in [-0.1, -0.05) is 20.8 Å². The molecule has 0 bridgehead atoms. The van der Waals surface area contributed by atoms with E-state index in [1.807, 2.05) is 11.3 Å². The van der Waals surface area contributed by atoms with Gasteiger partial charge in [-0.2, -0.15) is 0 Å². The molecule has 1 aromatic heterocycles. The molecule has 1 N–H and O–H groups in total. The molecule has 4 heteroatoms. The molecule has 0 aromatic carbocycles. The molecule has 0 aliphatic carbocycles. The number of anilines is 1. The molecule has 3 nitrogen and oxygen atoms in total. The summed E-state index contributed by atoms with van der Waals surface area (Å²) in [5.74, 6) is 0.778. The van der Waals surface area contributed by atoms with Gasteiger partial charge in [0.2, 0.25) is 0 Å². The molecule has 0 amide bonds.